The van der Waals surface area contributed by atoms with Crippen LogP contribution in [0.5, 0.6) is 0 Å². The largest absolute Gasteiger partial charge is 0.462 e. The highest BCUT2D eigenvalue weighted by atomic mass is 19.1. The minimum Gasteiger partial charge on any atom is -0.462 e. The van der Waals surface area contributed by atoms with E-state index in [1.807, 2.05) is 0 Å². The van der Waals surface area contributed by atoms with Gasteiger partial charge in [-0.25, -0.2) is 18.3 Å². The molecule has 0 N–H and O–H groups in total. The molecule has 6 heteroatoms. The highest BCUT2D eigenvalue weighted by Gasteiger charge is 2.33. The van der Waals surface area contributed by atoms with E-state index in [1.165, 1.54) is 23.0 Å². The summed E-state index contributed by atoms with van der Waals surface area (Å²) < 4.78 is 33.3. The summed E-state index contributed by atoms with van der Waals surface area (Å²) in [4.78, 5) is 12.0. The SMILES string of the molecule is CCOC(=O)c1cnn(-c2ccc(F)cc2F)c1C1CC1. The third kappa shape index (κ3) is 2.53. The van der Waals surface area contributed by atoms with Gasteiger partial charge in [-0.2, -0.15) is 5.10 Å². The van der Waals surface area contributed by atoms with E-state index >= 15 is 0 Å². The number of nitrogens with zero attached hydrogens (tertiary/aromatic N) is 2. The Morgan fingerprint density at radius 1 is 1.43 bits per heavy atom. The molecule has 0 spiro atoms. The lowest BCUT2D eigenvalue weighted by molar-refractivity contribution is 0.0525. The van der Waals surface area contributed by atoms with Gasteiger partial charge in [0.2, 0.25) is 0 Å². The Bertz CT molecular complexity index is 693. The number of esters is 1. The summed E-state index contributed by atoms with van der Waals surface area (Å²) in [5.41, 5.74) is 1.12. The lowest BCUT2D eigenvalue weighted by Gasteiger charge is -2.09. The Balaban J connectivity index is 2.08. The van der Waals surface area contributed by atoms with Gasteiger partial charge in [0.05, 0.1) is 18.5 Å². The quantitative estimate of drug-likeness (QED) is 0.813. The zero-order valence-corrected chi connectivity index (χ0v) is 11.5. The van der Waals surface area contributed by atoms with Crippen LogP contribution in [0, 0.1) is 11.6 Å². The summed E-state index contributed by atoms with van der Waals surface area (Å²) in [6.45, 7) is 1.98. The van der Waals surface area contributed by atoms with Crippen LogP contribution >= 0.6 is 0 Å². The van der Waals surface area contributed by atoms with Crippen molar-refractivity contribution in [2.24, 2.45) is 0 Å². The van der Waals surface area contributed by atoms with Gasteiger partial charge in [-0.3, -0.25) is 0 Å². The molecular formula is C15H14F2N2O2. The van der Waals surface area contributed by atoms with E-state index in [4.69, 9.17) is 4.74 Å². The van der Waals surface area contributed by atoms with Crippen LogP contribution in [-0.2, 0) is 4.74 Å². The number of hydrogen-bond donors (Lipinski definition) is 0. The topological polar surface area (TPSA) is 44.1 Å². The second-order valence-electron chi connectivity index (χ2n) is 4.95. The maximum Gasteiger partial charge on any atom is 0.341 e. The van der Waals surface area contributed by atoms with Crippen LogP contribution in [0.25, 0.3) is 5.69 Å². The number of hydrogen-bond acceptors (Lipinski definition) is 3. The van der Waals surface area contributed by atoms with Gasteiger partial charge in [-0.1, -0.05) is 0 Å². The molecule has 2 aromatic rings. The van der Waals surface area contributed by atoms with Crippen molar-refractivity contribution < 1.29 is 18.3 Å². The average molecular weight is 292 g/mol. The predicted octanol–water partition coefficient (Wildman–Crippen LogP) is 3.20. The van der Waals surface area contributed by atoms with Gasteiger partial charge in [0.25, 0.3) is 0 Å². The molecule has 1 aliphatic carbocycles. The lowest BCUT2D eigenvalue weighted by Crippen LogP contribution is -2.10. The highest BCUT2D eigenvalue weighted by Crippen LogP contribution is 2.42. The van der Waals surface area contributed by atoms with Crippen LogP contribution in [0.3, 0.4) is 0 Å². The van der Waals surface area contributed by atoms with Crippen molar-refractivity contribution in [1.29, 1.82) is 0 Å². The smallest absolute Gasteiger partial charge is 0.341 e. The summed E-state index contributed by atoms with van der Waals surface area (Å²) in [6.07, 6.45) is 3.22. The lowest BCUT2D eigenvalue weighted by atomic mass is 10.1. The van der Waals surface area contributed by atoms with Crippen LogP contribution in [0.15, 0.2) is 24.4 Å². The molecule has 0 atom stereocenters. The summed E-state index contributed by atoms with van der Waals surface area (Å²) in [5, 5.41) is 4.09. The zero-order valence-electron chi connectivity index (χ0n) is 11.5. The predicted molar refractivity (Wildman–Crippen MR) is 71.4 cm³/mol. The molecule has 110 valence electrons. The summed E-state index contributed by atoms with van der Waals surface area (Å²) in [5.74, 6) is -1.66. The molecule has 4 nitrogen and oxygen atoms in total. The number of carbonyl (C=O) groups is 1. The number of rotatable bonds is 4. The summed E-state index contributed by atoms with van der Waals surface area (Å²) >= 11 is 0. The average Bonchev–Trinajstić information content (AvgIpc) is 3.18. The van der Waals surface area contributed by atoms with Crippen molar-refractivity contribution in [2.45, 2.75) is 25.7 Å². The van der Waals surface area contributed by atoms with Crippen molar-refractivity contribution in [2.75, 3.05) is 6.61 Å². The fourth-order valence-corrected chi connectivity index (χ4v) is 2.32. The molecule has 1 aromatic heterocycles. The molecule has 1 aliphatic rings. The molecule has 1 heterocycles. The first-order valence-corrected chi connectivity index (χ1v) is 6.82. The molecule has 0 amide bonds. The third-order valence-corrected chi connectivity index (χ3v) is 3.40. The third-order valence-electron chi connectivity index (χ3n) is 3.40. The van der Waals surface area contributed by atoms with Gasteiger partial charge in [0, 0.05) is 12.0 Å². The van der Waals surface area contributed by atoms with Crippen LogP contribution in [-0.4, -0.2) is 22.4 Å². The first-order valence-electron chi connectivity index (χ1n) is 6.82. The second-order valence-corrected chi connectivity index (χ2v) is 4.95. The van der Waals surface area contributed by atoms with Crippen LogP contribution in [0.1, 0.15) is 41.7 Å². The van der Waals surface area contributed by atoms with Crippen LogP contribution in [0.4, 0.5) is 8.78 Å². The molecule has 1 saturated carbocycles. The van der Waals surface area contributed by atoms with Gasteiger partial charge >= 0.3 is 5.97 Å². The first-order chi connectivity index (χ1) is 10.1. The van der Waals surface area contributed by atoms with Crippen LogP contribution in [0.2, 0.25) is 0 Å². The maximum atomic E-state index is 13.9. The normalized spacial score (nSPS) is 14.2. The Morgan fingerprint density at radius 2 is 2.19 bits per heavy atom. The zero-order chi connectivity index (χ0) is 15.0. The standard InChI is InChI=1S/C15H14F2N2O2/c1-2-21-15(20)11-8-18-19(14(11)9-3-4-9)13-6-5-10(16)7-12(13)17/h5-9H,2-4H2,1H3. The molecule has 0 unspecified atom stereocenters. The van der Waals surface area contributed by atoms with Crippen molar-refractivity contribution in [1.82, 2.24) is 9.78 Å². The van der Waals surface area contributed by atoms with Gasteiger partial charge in [0.15, 0.2) is 5.82 Å². The number of ether oxygens (including phenoxy) is 1. The molecule has 0 aliphatic heterocycles. The number of aromatic nitrogens is 2. The minimum atomic E-state index is -0.713. The molecule has 1 aromatic carbocycles. The minimum absolute atomic E-state index is 0.133. The molecule has 3 rings (SSSR count). The van der Waals surface area contributed by atoms with Gasteiger partial charge in [0.1, 0.15) is 17.1 Å². The van der Waals surface area contributed by atoms with Crippen molar-refractivity contribution >= 4 is 5.97 Å². The van der Waals surface area contributed by atoms with Crippen LogP contribution < -0.4 is 0 Å². The van der Waals surface area contributed by atoms with E-state index in [0.29, 0.717) is 11.3 Å². The van der Waals surface area contributed by atoms with E-state index < -0.39 is 17.6 Å². The molecule has 0 radical (unpaired) electrons. The monoisotopic (exact) mass is 292 g/mol. The van der Waals surface area contributed by atoms with Crippen molar-refractivity contribution in [3.63, 3.8) is 0 Å². The van der Waals surface area contributed by atoms with Gasteiger partial charge in [-0.05, 0) is 31.9 Å². The fourth-order valence-electron chi connectivity index (χ4n) is 2.32. The highest BCUT2D eigenvalue weighted by molar-refractivity contribution is 5.91. The summed E-state index contributed by atoms with van der Waals surface area (Å²) in [7, 11) is 0. The van der Waals surface area contributed by atoms with E-state index in [0.717, 1.165) is 18.9 Å². The summed E-state index contributed by atoms with van der Waals surface area (Å²) in [6, 6.07) is 3.29. The number of carbonyl (C=O) groups excluding carboxylic acids is 1. The van der Waals surface area contributed by atoms with Crippen molar-refractivity contribution in [3.8, 4) is 5.69 Å². The molecule has 0 bridgehead atoms. The Morgan fingerprint density at radius 3 is 2.81 bits per heavy atom. The molecule has 0 saturated heterocycles. The van der Waals surface area contributed by atoms with Gasteiger partial charge < -0.3 is 4.74 Å². The Labute approximate surface area is 120 Å². The number of halogens is 2. The van der Waals surface area contributed by atoms with Crippen molar-refractivity contribution in [3.05, 3.63) is 47.3 Å². The Kier molecular flexibility index (Phi) is 3.45. The molecule has 1 fully saturated rings. The van der Waals surface area contributed by atoms with Gasteiger partial charge in [-0.15, -0.1) is 0 Å². The molecular weight excluding hydrogens is 278 g/mol. The van der Waals surface area contributed by atoms with E-state index in [2.05, 4.69) is 5.10 Å². The maximum absolute atomic E-state index is 13.9. The first kappa shape index (κ1) is 13.7. The van der Waals surface area contributed by atoms with E-state index in [-0.39, 0.29) is 18.2 Å². The number of benzene rings is 1. The Hall–Kier alpha value is -2.24. The van der Waals surface area contributed by atoms with E-state index in [1.54, 1.807) is 6.92 Å². The fraction of sp³-hybridized carbons (Fsp3) is 0.333. The molecule has 21 heavy (non-hydrogen) atoms. The second kappa shape index (κ2) is 5.27. The van der Waals surface area contributed by atoms with E-state index in [9.17, 15) is 13.6 Å².